The molecule has 1 aliphatic heterocycles. The van der Waals surface area contributed by atoms with Crippen LogP contribution in [0, 0.1) is 6.92 Å². The number of pyridine rings is 1. The van der Waals surface area contributed by atoms with Gasteiger partial charge in [0.15, 0.2) is 0 Å². The molecular weight excluding hydrogens is 380 g/mol. The van der Waals surface area contributed by atoms with E-state index in [1.54, 1.807) is 11.3 Å². The molecule has 1 atom stereocenters. The van der Waals surface area contributed by atoms with Gasteiger partial charge in [-0.25, -0.2) is 4.98 Å². The highest BCUT2D eigenvalue weighted by atomic mass is 32.1. The number of hydrogen-bond acceptors (Lipinski definition) is 5. The number of piperazine rings is 1. The average Bonchev–Trinajstić information content (AvgIpc) is 3.30. The first-order valence-electron chi connectivity index (χ1n) is 9.98. The van der Waals surface area contributed by atoms with Gasteiger partial charge in [0.25, 0.3) is 0 Å². The lowest BCUT2D eigenvalue weighted by Gasteiger charge is -2.35. The number of nitrogens with zero attached hydrogens (tertiary/aromatic N) is 3. The highest BCUT2D eigenvalue weighted by molar-refractivity contribution is 7.10. The number of benzene rings is 1. The molecular formula is C23H26N4OS. The van der Waals surface area contributed by atoms with Gasteiger partial charge in [0, 0.05) is 37.3 Å². The van der Waals surface area contributed by atoms with Gasteiger partial charge < -0.3 is 9.80 Å². The van der Waals surface area contributed by atoms with Crippen LogP contribution in [0.4, 0.5) is 5.82 Å². The summed E-state index contributed by atoms with van der Waals surface area (Å²) < 4.78 is 0. The lowest BCUT2D eigenvalue weighted by molar-refractivity contribution is -0.130. The Bertz CT molecular complexity index is 904. The van der Waals surface area contributed by atoms with E-state index in [4.69, 9.17) is 0 Å². The van der Waals surface area contributed by atoms with Crippen molar-refractivity contribution in [1.82, 2.24) is 15.2 Å². The van der Waals surface area contributed by atoms with E-state index >= 15 is 0 Å². The third-order valence-corrected chi connectivity index (χ3v) is 6.24. The van der Waals surface area contributed by atoms with Gasteiger partial charge in [0.2, 0.25) is 5.91 Å². The Balaban J connectivity index is 1.36. The van der Waals surface area contributed by atoms with Crippen LogP contribution in [0.25, 0.3) is 0 Å². The molecule has 3 heterocycles. The molecule has 1 N–H and O–H groups in total. The second-order valence-corrected chi connectivity index (χ2v) is 8.28. The van der Waals surface area contributed by atoms with Crippen LogP contribution in [0.1, 0.15) is 22.0 Å². The second kappa shape index (κ2) is 9.20. The standard InChI is InChI=1S/C23H26N4OS/c1-18-7-9-19(10-8-18)23(20-5-4-16-29-20)25-17-22(28)27-14-12-26(13-15-27)21-6-2-3-11-24-21/h2-11,16,23,25H,12-15,17H2,1H3/t23-/m0/s1. The van der Waals surface area contributed by atoms with E-state index in [0.29, 0.717) is 6.54 Å². The van der Waals surface area contributed by atoms with Crippen LogP contribution in [0.3, 0.4) is 0 Å². The molecule has 150 valence electrons. The molecule has 0 radical (unpaired) electrons. The van der Waals surface area contributed by atoms with Gasteiger partial charge in [-0.05, 0) is 36.1 Å². The summed E-state index contributed by atoms with van der Waals surface area (Å²) in [6, 6.07) is 18.7. The van der Waals surface area contributed by atoms with Crippen molar-refractivity contribution in [1.29, 1.82) is 0 Å². The lowest BCUT2D eigenvalue weighted by Crippen LogP contribution is -2.51. The first-order chi connectivity index (χ1) is 14.2. The summed E-state index contributed by atoms with van der Waals surface area (Å²) >= 11 is 1.71. The highest BCUT2D eigenvalue weighted by Crippen LogP contribution is 2.26. The molecule has 1 saturated heterocycles. The third kappa shape index (κ3) is 4.83. The van der Waals surface area contributed by atoms with Gasteiger partial charge in [-0.2, -0.15) is 0 Å². The SMILES string of the molecule is Cc1ccc([C@H](NCC(=O)N2CCN(c3ccccn3)CC2)c2cccs2)cc1. The van der Waals surface area contributed by atoms with Gasteiger partial charge in [-0.1, -0.05) is 42.0 Å². The summed E-state index contributed by atoms with van der Waals surface area (Å²) in [6.07, 6.45) is 1.81. The molecule has 1 amide bonds. The molecule has 1 aromatic carbocycles. The smallest absolute Gasteiger partial charge is 0.236 e. The number of nitrogens with one attached hydrogen (secondary N) is 1. The van der Waals surface area contributed by atoms with Crippen LogP contribution in [-0.2, 0) is 4.79 Å². The van der Waals surface area contributed by atoms with Gasteiger partial charge in [-0.15, -0.1) is 11.3 Å². The summed E-state index contributed by atoms with van der Waals surface area (Å²) in [6.45, 7) is 5.51. The zero-order valence-electron chi connectivity index (χ0n) is 16.6. The van der Waals surface area contributed by atoms with Crippen LogP contribution in [0.15, 0.2) is 66.2 Å². The molecule has 0 saturated carbocycles. The molecule has 3 aromatic rings. The molecule has 1 fully saturated rings. The maximum Gasteiger partial charge on any atom is 0.236 e. The van der Waals surface area contributed by atoms with Crippen LogP contribution >= 0.6 is 11.3 Å². The normalized spacial score (nSPS) is 15.3. The van der Waals surface area contributed by atoms with Crippen molar-refractivity contribution in [2.45, 2.75) is 13.0 Å². The highest BCUT2D eigenvalue weighted by Gasteiger charge is 2.23. The van der Waals surface area contributed by atoms with Crippen LogP contribution < -0.4 is 10.2 Å². The fourth-order valence-corrected chi connectivity index (χ4v) is 4.45. The number of amides is 1. The minimum atomic E-state index is 0.0364. The topological polar surface area (TPSA) is 48.5 Å². The number of anilines is 1. The summed E-state index contributed by atoms with van der Waals surface area (Å²) in [4.78, 5) is 22.7. The zero-order valence-corrected chi connectivity index (χ0v) is 17.4. The molecule has 1 aliphatic rings. The van der Waals surface area contributed by atoms with Crippen molar-refractivity contribution in [3.8, 4) is 0 Å². The van der Waals surface area contributed by atoms with Crippen LogP contribution in [-0.4, -0.2) is 48.5 Å². The molecule has 4 rings (SSSR count). The van der Waals surface area contributed by atoms with Crippen molar-refractivity contribution in [3.05, 3.63) is 82.2 Å². The Kier molecular flexibility index (Phi) is 6.22. The zero-order chi connectivity index (χ0) is 20.1. The molecule has 0 unspecified atom stereocenters. The van der Waals surface area contributed by atoms with E-state index in [2.05, 4.69) is 63.9 Å². The number of aromatic nitrogens is 1. The van der Waals surface area contributed by atoms with E-state index in [9.17, 15) is 4.79 Å². The average molecular weight is 407 g/mol. The van der Waals surface area contributed by atoms with E-state index < -0.39 is 0 Å². The lowest BCUT2D eigenvalue weighted by atomic mass is 10.0. The minimum absolute atomic E-state index is 0.0364. The predicted octanol–water partition coefficient (Wildman–Crippen LogP) is 3.48. The van der Waals surface area contributed by atoms with Crippen molar-refractivity contribution in [2.75, 3.05) is 37.6 Å². The Morgan fingerprint density at radius 3 is 2.52 bits per heavy atom. The maximum atomic E-state index is 12.8. The first kappa shape index (κ1) is 19.6. The quantitative estimate of drug-likeness (QED) is 0.681. The van der Waals surface area contributed by atoms with Gasteiger partial charge >= 0.3 is 0 Å². The molecule has 29 heavy (non-hydrogen) atoms. The largest absolute Gasteiger partial charge is 0.353 e. The van der Waals surface area contributed by atoms with Gasteiger partial charge in [0.1, 0.15) is 5.82 Å². The Morgan fingerprint density at radius 1 is 1.07 bits per heavy atom. The van der Waals surface area contributed by atoms with E-state index in [-0.39, 0.29) is 11.9 Å². The minimum Gasteiger partial charge on any atom is -0.353 e. The van der Waals surface area contributed by atoms with E-state index in [1.165, 1.54) is 16.0 Å². The van der Waals surface area contributed by atoms with E-state index in [1.807, 2.05) is 29.3 Å². The first-order valence-corrected chi connectivity index (χ1v) is 10.9. The Hall–Kier alpha value is -2.70. The molecule has 0 aliphatic carbocycles. The molecule has 5 nitrogen and oxygen atoms in total. The Labute approximate surface area is 176 Å². The third-order valence-electron chi connectivity index (χ3n) is 5.30. The second-order valence-electron chi connectivity index (χ2n) is 7.30. The monoisotopic (exact) mass is 406 g/mol. The van der Waals surface area contributed by atoms with Gasteiger partial charge in [0.05, 0.1) is 12.6 Å². The molecule has 0 bridgehead atoms. The summed E-state index contributed by atoms with van der Waals surface area (Å²) in [5, 5.41) is 5.57. The van der Waals surface area contributed by atoms with Crippen molar-refractivity contribution < 1.29 is 4.79 Å². The van der Waals surface area contributed by atoms with Crippen LogP contribution in [0.2, 0.25) is 0 Å². The number of carbonyl (C=O) groups is 1. The van der Waals surface area contributed by atoms with Gasteiger partial charge in [-0.3, -0.25) is 10.1 Å². The molecule has 6 heteroatoms. The Morgan fingerprint density at radius 2 is 1.86 bits per heavy atom. The van der Waals surface area contributed by atoms with Crippen molar-refractivity contribution in [3.63, 3.8) is 0 Å². The maximum absolute atomic E-state index is 12.8. The van der Waals surface area contributed by atoms with Crippen molar-refractivity contribution >= 4 is 23.1 Å². The number of aryl methyl sites for hydroxylation is 1. The number of hydrogen-bond donors (Lipinski definition) is 1. The fraction of sp³-hybridized carbons (Fsp3) is 0.304. The van der Waals surface area contributed by atoms with Crippen LogP contribution in [0.5, 0.6) is 0 Å². The number of thiophene rings is 1. The van der Waals surface area contributed by atoms with E-state index in [0.717, 1.165) is 32.0 Å². The molecule has 0 spiro atoms. The number of rotatable bonds is 6. The summed E-state index contributed by atoms with van der Waals surface area (Å²) in [5.74, 6) is 1.13. The van der Waals surface area contributed by atoms with Crippen molar-refractivity contribution in [2.24, 2.45) is 0 Å². The predicted molar refractivity (Wildman–Crippen MR) is 118 cm³/mol. The molecule has 2 aromatic heterocycles. The number of carbonyl (C=O) groups excluding carboxylic acids is 1. The fourth-order valence-electron chi connectivity index (χ4n) is 3.62. The summed E-state index contributed by atoms with van der Waals surface area (Å²) in [5.41, 5.74) is 2.42. The summed E-state index contributed by atoms with van der Waals surface area (Å²) in [7, 11) is 0.